The number of hydrogen-bond acceptors (Lipinski definition) is 1. The molecule has 4 heteroatoms. The molecule has 0 heterocycles. The van der Waals surface area contributed by atoms with Crippen LogP contribution >= 0.6 is 0 Å². The Morgan fingerprint density at radius 3 is 2.30 bits per heavy atom. The molecule has 2 aromatic carbocycles. The minimum absolute atomic E-state index is 0.0841. The highest BCUT2D eigenvalue weighted by Gasteiger charge is 2.45. The van der Waals surface area contributed by atoms with Gasteiger partial charge in [0.2, 0.25) is 0 Å². The molecule has 1 fully saturated rings. The first kappa shape index (κ1) is 12.8. The van der Waals surface area contributed by atoms with Crippen molar-refractivity contribution in [3.63, 3.8) is 0 Å². The lowest BCUT2D eigenvalue weighted by molar-refractivity contribution is -0.138. The molecule has 1 N–H and O–H groups in total. The molecule has 2 atom stereocenters. The van der Waals surface area contributed by atoms with Gasteiger partial charge < -0.3 is 5.11 Å². The SMILES string of the molecule is O=C(O)[C@@H]1C[C@H]1c1ccccc1-c1c(F)cccc1F. The van der Waals surface area contributed by atoms with Gasteiger partial charge in [-0.05, 0) is 35.6 Å². The van der Waals surface area contributed by atoms with E-state index in [9.17, 15) is 13.6 Å². The lowest BCUT2D eigenvalue weighted by Crippen LogP contribution is -2.00. The van der Waals surface area contributed by atoms with E-state index in [4.69, 9.17) is 5.11 Å². The van der Waals surface area contributed by atoms with Gasteiger partial charge in [-0.1, -0.05) is 30.3 Å². The second-order valence-corrected chi connectivity index (χ2v) is 4.97. The molecular formula is C16H12F2O2. The van der Waals surface area contributed by atoms with Gasteiger partial charge in [-0.3, -0.25) is 4.79 Å². The number of benzene rings is 2. The van der Waals surface area contributed by atoms with E-state index < -0.39 is 23.5 Å². The lowest BCUT2D eigenvalue weighted by Gasteiger charge is -2.11. The zero-order valence-electron chi connectivity index (χ0n) is 10.5. The maximum absolute atomic E-state index is 13.9. The summed E-state index contributed by atoms with van der Waals surface area (Å²) in [7, 11) is 0. The number of rotatable bonds is 3. The monoisotopic (exact) mass is 274 g/mol. The summed E-state index contributed by atoms with van der Waals surface area (Å²) in [5.74, 6) is -2.75. The van der Waals surface area contributed by atoms with Crippen LogP contribution in [-0.2, 0) is 4.79 Å². The van der Waals surface area contributed by atoms with Crippen LogP contribution in [0.2, 0.25) is 0 Å². The molecular weight excluding hydrogens is 262 g/mol. The summed E-state index contributed by atoms with van der Waals surface area (Å²) >= 11 is 0. The molecule has 1 aliphatic carbocycles. The van der Waals surface area contributed by atoms with E-state index in [-0.39, 0.29) is 11.5 Å². The van der Waals surface area contributed by atoms with Crippen molar-refractivity contribution in [2.75, 3.05) is 0 Å². The average Bonchev–Trinajstić information content (AvgIpc) is 3.19. The Hall–Kier alpha value is -2.23. The highest BCUT2D eigenvalue weighted by Crippen LogP contribution is 2.50. The first-order chi connectivity index (χ1) is 9.59. The minimum atomic E-state index is -0.862. The van der Waals surface area contributed by atoms with Crippen LogP contribution in [0.25, 0.3) is 11.1 Å². The first-order valence-electron chi connectivity index (χ1n) is 6.35. The van der Waals surface area contributed by atoms with E-state index in [1.54, 1.807) is 24.3 Å². The number of carbonyl (C=O) groups is 1. The van der Waals surface area contributed by atoms with Crippen LogP contribution in [0, 0.1) is 17.6 Å². The third-order valence-corrected chi connectivity index (χ3v) is 3.70. The van der Waals surface area contributed by atoms with Crippen molar-refractivity contribution in [1.29, 1.82) is 0 Å². The standard InChI is InChI=1S/C16H12F2O2/c17-13-6-3-7-14(18)15(13)10-5-2-1-4-9(10)11-8-12(11)16(19)20/h1-7,11-12H,8H2,(H,19,20)/t11-,12+/m0/s1. The van der Waals surface area contributed by atoms with Crippen LogP contribution in [0.15, 0.2) is 42.5 Å². The highest BCUT2D eigenvalue weighted by molar-refractivity contribution is 5.78. The molecule has 0 aromatic heterocycles. The Balaban J connectivity index is 2.10. The van der Waals surface area contributed by atoms with Crippen molar-refractivity contribution < 1.29 is 18.7 Å². The summed E-state index contributed by atoms with van der Waals surface area (Å²) in [5, 5.41) is 9.01. The molecule has 102 valence electrons. The highest BCUT2D eigenvalue weighted by atomic mass is 19.1. The summed E-state index contributed by atoms with van der Waals surface area (Å²) in [4.78, 5) is 11.0. The normalized spacial score (nSPS) is 20.7. The number of aliphatic carboxylic acids is 1. The largest absolute Gasteiger partial charge is 0.481 e. The average molecular weight is 274 g/mol. The Labute approximate surface area is 114 Å². The van der Waals surface area contributed by atoms with Crippen LogP contribution in [0.3, 0.4) is 0 Å². The van der Waals surface area contributed by atoms with Crippen molar-refractivity contribution in [3.8, 4) is 11.1 Å². The summed E-state index contributed by atoms with van der Waals surface area (Å²) < 4.78 is 27.8. The fourth-order valence-electron chi connectivity index (χ4n) is 2.61. The van der Waals surface area contributed by atoms with Crippen LogP contribution < -0.4 is 0 Å². The maximum Gasteiger partial charge on any atom is 0.307 e. The third-order valence-electron chi connectivity index (χ3n) is 3.70. The number of carboxylic acid groups (broad SMARTS) is 1. The summed E-state index contributed by atoms with van der Waals surface area (Å²) in [6, 6.07) is 10.6. The zero-order chi connectivity index (χ0) is 14.3. The van der Waals surface area contributed by atoms with Gasteiger partial charge in [0.1, 0.15) is 11.6 Å². The maximum atomic E-state index is 13.9. The van der Waals surface area contributed by atoms with E-state index in [0.29, 0.717) is 17.5 Å². The van der Waals surface area contributed by atoms with Gasteiger partial charge in [0.05, 0.1) is 11.5 Å². The van der Waals surface area contributed by atoms with E-state index in [1.165, 1.54) is 18.2 Å². The van der Waals surface area contributed by atoms with E-state index in [2.05, 4.69) is 0 Å². The van der Waals surface area contributed by atoms with Crippen molar-refractivity contribution in [2.45, 2.75) is 12.3 Å². The fraction of sp³-hybridized carbons (Fsp3) is 0.188. The van der Waals surface area contributed by atoms with Crippen LogP contribution in [-0.4, -0.2) is 11.1 Å². The summed E-state index contributed by atoms with van der Waals surface area (Å²) in [6.07, 6.45) is 0.516. The van der Waals surface area contributed by atoms with Gasteiger partial charge in [0.15, 0.2) is 0 Å². The van der Waals surface area contributed by atoms with Gasteiger partial charge in [-0.15, -0.1) is 0 Å². The first-order valence-corrected chi connectivity index (χ1v) is 6.35. The Morgan fingerprint density at radius 2 is 1.70 bits per heavy atom. The molecule has 1 aliphatic rings. The Bertz CT molecular complexity index is 662. The Morgan fingerprint density at radius 1 is 1.05 bits per heavy atom. The molecule has 0 radical (unpaired) electrons. The molecule has 0 bridgehead atoms. The Kier molecular flexibility index (Phi) is 3.01. The van der Waals surface area contributed by atoms with E-state index >= 15 is 0 Å². The molecule has 1 saturated carbocycles. The van der Waals surface area contributed by atoms with Crippen molar-refractivity contribution in [3.05, 3.63) is 59.7 Å². The third kappa shape index (κ3) is 2.07. The van der Waals surface area contributed by atoms with Crippen molar-refractivity contribution >= 4 is 5.97 Å². The quantitative estimate of drug-likeness (QED) is 0.923. The molecule has 0 amide bonds. The molecule has 2 aromatic rings. The van der Waals surface area contributed by atoms with Crippen molar-refractivity contribution in [1.82, 2.24) is 0 Å². The smallest absolute Gasteiger partial charge is 0.307 e. The summed E-state index contributed by atoms with van der Waals surface area (Å²) in [5.41, 5.74) is 1.06. The van der Waals surface area contributed by atoms with Gasteiger partial charge in [-0.25, -0.2) is 8.78 Å². The predicted molar refractivity (Wildman–Crippen MR) is 70.3 cm³/mol. The minimum Gasteiger partial charge on any atom is -0.481 e. The molecule has 3 rings (SSSR count). The molecule has 0 spiro atoms. The second kappa shape index (κ2) is 4.71. The van der Waals surface area contributed by atoms with Crippen molar-refractivity contribution in [2.24, 2.45) is 5.92 Å². The fourth-order valence-corrected chi connectivity index (χ4v) is 2.61. The second-order valence-electron chi connectivity index (χ2n) is 4.97. The topological polar surface area (TPSA) is 37.3 Å². The predicted octanol–water partition coefficient (Wildman–Crippen LogP) is 3.82. The van der Waals surface area contributed by atoms with Gasteiger partial charge in [0, 0.05) is 0 Å². The number of hydrogen-bond donors (Lipinski definition) is 1. The summed E-state index contributed by atoms with van der Waals surface area (Å²) in [6.45, 7) is 0. The van der Waals surface area contributed by atoms with Gasteiger partial charge >= 0.3 is 5.97 Å². The molecule has 0 aliphatic heterocycles. The van der Waals surface area contributed by atoms with E-state index in [0.717, 1.165) is 0 Å². The van der Waals surface area contributed by atoms with E-state index in [1.807, 2.05) is 0 Å². The zero-order valence-corrected chi connectivity index (χ0v) is 10.5. The van der Waals surface area contributed by atoms with Crippen LogP contribution in [0.5, 0.6) is 0 Å². The van der Waals surface area contributed by atoms with Crippen LogP contribution in [0.1, 0.15) is 17.9 Å². The molecule has 20 heavy (non-hydrogen) atoms. The van der Waals surface area contributed by atoms with Crippen LogP contribution in [0.4, 0.5) is 8.78 Å². The number of carboxylic acids is 1. The molecule has 0 unspecified atom stereocenters. The van der Waals surface area contributed by atoms with Gasteiger partial charge in [-0.2, -0.15) is 0 Å². The van der Waals surface area contributed by atoms with Gasteiger partial charge in [0.25, 0.3) is 0 Å². The number of halogens is 2. The molecule has 0 saturated heterocycles. The lowest BCUT2D eigenvalue weighted by atomic mass is 9.95. The molecule has 2 nitrogen and oxygen atoms in total.